The Morgan fingerprint density at radius 3 is 2.88 bits per heavy atom. The van der Waals surface area contributed by atoms with Crippen molar-refractivity contribution in [3.8, 4) is 17.1 Å². The molecule has 7 heteroatoms. The molecule has 2 aliphatic heterocycles. The van der Waals surface area contributed by atoms with Crippen LogP contribution in [0.4, 0.5) is 5.82 Å². The summed E-state index contributed by atoms with van der Waals surface area (Å²) in [5, 5.41) is 14.5. The number of hydrogen-bond acceptors (Lipinski definition) is 6. The molecule has 3 heterocycles. The molecule has 2 atom stereocenters. The van der Waals surface area contributed by atoms with Crippen molar-refractivity contribution in [2.75, 3.05) is 24.6 Å². The van der Waals surface area contributed by atoms with Crippen LogP contribution in [0, 0.1) is 6.92 Å². The van der Waals surface area contributed by atoms with Crippen molar-refractivity contribution >= 4 is 22.6 Å². The summed E-state index contributed by atoms with van der Waals surface area (Å²) in [5.74, 6) is 1.49. The lowest BCUT2D eigenvalue weighted by atomic mass is 10.0. The monoisotopic (exact) mass is 436 g/mol. The molecule has 0 bridgehead atoms. The summed E-state index contributed by atoms with van der Waals surface area (Å²) in [7, 11) is 0. The van der Waals surface area contributed by atoms with E-state index < -0.39 is 0 Å². The van der Waals surface area contributed by atoms with Gasteiger partial charge in [-0.3, -0.25) is 4.79 Å². The fourth-order valence-electron chi connectivity index (χ4n) is 4.61. The van der Waals surface area contributed by atoms with Crippen LogP contribution in [0.2, 0.25) is 0 Å². The molecule has 0 spiro atoms. The zero-order valence-electron chi connectivity index (χ0n) is 18.3. The SMILES string of the molecule is Cc1ccc2c(N3CCC[C@H](NC(=O)[C@H]4CCCO4)C3)nc(-c3ccccc3O)nc2c1.[HH].[HH]. The van der Waals surface area contributed by atoms with Crippen LogP contribution in [0.15, 0.2) is 42.5 Å². The van der Waals surface area contributed by atoms with E-state index in [4.69, 9.17) is 14.7 Å². The maximum atomic E-state index is 12.6. The molecule has 0 saturated carbocycles. The molecule has 3 aromatic rings. The Kier molecular flexibility index (Phi) is 5.66. The Labute approximate surface area is 190 Å². The summed E-state index contributed by atoms with van der Waals surface area (Å²) in [6.07, 6.45) is 3.31. The predicted molar refractivity (Wildman–Crippen MR) is 128 cm³/mol. The van der Waals surface area contributed by atoms with Crippen molar-refractivity contribution in [3.63, 3.8) is 0 Å². The third-order valence-electron chi connectivity index (χ3n) is 6.27. The number of phenols is 1. The number of aromatic hydroxyl groups is 1. The highest BCUT2D eigenvalue weighted by Gasteiger charge is 2.29. The van der Waals surface area contributed by atoms with Crippen molar-refractivity contribution in [2.24, 2.45) is 0 Å². The first kappa shape index (κ1) is 20.7. The first-order chi connectivity index (χ1) is 15.6. The Morgan fingerprint density at radius 1 is 1.19 bits per heavy atom. The average molecular weight is 437 g/mol. The van der Waals surface area contributed by atoms with E-state index in [9.17, 15) is 9.90 Å². The smallest absolute Gasteiger partial charge is 0.249 e. The molecule has 0 aliphatic carbocycles. The van der Waals surface area contributed by atoms with Crippen LogP contribution >= 0.6 is 0 Å². The largest absolute Gasteiger partial charge is 0.507 e. The lowest BCUT2D eigenvalue weighted by molar-refractivity contribution is -0.130. The van der Waals surface area contributed by atoms with Crippen LogP contribution in [-0.2, 0) is 9.53 Å². The number of carbonyl (C=O) groups excluding carboxylic acids is 1. The van der Waals surface area contributed by atoms with Crippen molar-refractivity contribution in [2.45, 2.75) is 44.8 Å². The standard InChI is InChI=1S/C25H28N4O3.2H2/c1-16-10-11-18-20(14-16)27-23(19-7-2-3-8-21(19)30)28-24(18)29-12-4-6-17(15-29)26-25(31)22-9-5-13-32-22;;/h2-3,7-8,10-11,14,17,22,30H,4-6,9,12-13,15H2,1H3,(H,26,31);2*1H/t17-,22+;;/m0../s1. The fraction of sp³-hybridized carbons (Fsp3) is 0.400. The maximum Gasteiger partial charge on any atom is 0.249 e. The average Bonchev–Trinajstić information content (AvgIpc) is 3.34. The summed E-state index contributed by atoms with van der Waals surface area (Å²) >= 11 is 0. The molecule has 170 valence electrons. The molecule has 1 aromatic heterocycles. The zero-order chi connectivity index (χ0) is 22.1. The number of nitrogens with one attached hydrogen (secondary N) is 1. The summed E-state index contributed by atoms with van der Waals surface area (Å²) in [4.78, 5) is 24.5. The number of phenolic OH excluding ortho intramolecular Hbond substituents is 1. The molecule has 0 radical (unpaired) electrons. The molecule has 7 nitrogen and oxygen atoms in total. The minimum atomic E-state index is -0.319. The van der Waals surface area contributed by atoms with Gasteiger partial charge in [0.2, 0.25) is 5.91 Å². The Bertz CT molecular complexity index is 1150. The van der Waals surface area contributed by atoms with Gasteiger partial charge in [0.1, 0.15) is 17.7 Å². The highest BCUT2D eigenvalue weighted by atomic mass is 16.5. The first-order valence-corrected chi connectivity index (χ1v) is 11.3. The molecular formula is C25H32N4O3. The number of para-hydroxylation sites is 1. The van der Waals surface area contributed by atoms with Crippen molar-refractivity contribution in [1.29, 1.82) is 0 Å². The summed E-state index contributed by atoms with van der Waals surface area (Å²) < 4.78 is 5.54. The summed E-state index contributed by atoms with van der Waals surface area (Å²) in [6.45, 7) is 4.24. The first-order valence-electron chi connectivity index (χ1n) is 11.3. The molecule has 0 unspecified atom stereocenters. The zero-order valence-corrected chi connectivity index (χ0v) is 18.3. The number of ether oxygens (including phenoxy) is 1. The second-order valence-corrected chi connectivity index (χ2v) is 8.70. The molecule has 2 aromatic carbocycles. The van der Waals surface area contributed by atoms with Gasteiger partial charge < -0.3 is 20.1 Å². The normalized spacial score (nSPS) is 21.1. The fourth-order valence-corrected chi connectivity index (χ4v) is 4.61. The molecular weight excluding hydrogens is 404 g/mol. The Hall–Kier alpha value is -3.19. The second kappa shape index (κ2) is 8.74. The predicted octanol–water partition coefficient (Wildman–Crippen LogP) is 4.07. The van der Waals surface area contributed by atoms with E-state index in [-0.39, 0.29) is 26.7 Å². The number of aromatic nitrogens is 2. The van der Waals surface area contributed by atoms with E-state index in [1.807, 2.05) is 25.1 Å². The maximum absolute atomic E-state index is 12.6. The van der Waals surface area contributed by atoms with Gasteiger partial charge in [0.25, 0.3) is 0 Å². The number of carbonyl (C=O) groups is 1. The Morgan fingerprint density at radius 2 is 2.06 bits per heavy atom. The van der Waals surface area contributed by atoms with Crippen LogP contribution < -0.4 is 10.2 Å². The van der Waals surface area contributed by atoms with E-state index in [2.05, 4.69) is 22.3 Å². The quantitative estimate of drug-likeness (QED) is 0.641. The van der Waals surface area contributed by atoms with Gasteiger partial charge in [-0.25, -0.2) is 9.97 Å². The minimum absolute atomic E-state index is 0. The van der Waals surface area contributed by atoms with Crippen LogP contribution in [0.5, 0.6) is 5.75 Å². The van der Waals surface area contributed by atoms with Gasteiger partial charge in [-0.1, -0.05) is 18.2 Å². The van der Waals surface area contributed by atoms with Crippen LogP contribution in [0.1, 0.15) is 34.1 Å². The van der Waals surface area contributed by atoms with Crippen LogP contribution in [0.3, 0.4) is 0 Å². The molecule has 32 heavy (non-hydrogen) atoms. The Balaban J connectivity index is 0.00000162. The van der Waals surface area contributed by atoms with Gasteiger partial charge in [0.05, 0.1) is 11.1 Å². The number of hydrogen-bond donors (Lipinski definition) is 2. The van der Waals surface area contributed by atoms with E-state index >= 15 is 0 Å². The van der Waals surface area contributed by atoms with E-state index in [1.54, 1.807) is 12.1 Å². The summed E-state index contributed by atoms with van der Waals surface area (Å²) in [5.41, 5.74) is 2.57. The van der Waals surface area contributed by atoms with E-state index in [0.717, 1.165) is 54.5 Å². The van der Waals surface area contributed by atoms with Crippen molar-refractivity contribution in [1.82, 2.24) is 15.3 Å². The lowest BCUT2D eigenvalue weighted by Gasteiger charge is -2.35. The van der Waals surface area contributed by atoms with E-state index in [1.165, 1.54) is 0 Å². The number of anilines is 1. The number of rotatable bonds is 4. The van der Waals surface area contributed by atoms with E-state index in [0.29, 0.717) is 24.5 Å². The molecule has 1 amide bonds. The molecule has 2 N–H and O–H groups in total. The number of benzene rings is 2. The van der Waals surface area contributed by atoms with Gasteiger partial charge in [0.15, 0.2) is 5.82 Å². The molecule has 2 saturated heterocycles. The molecule has 5 rings (SSSR count). The second-order valence-electron chi connectivity index (χ2n) is 8.70. The molecule has 2 fully saturated rings. The number of nitrogens with zero attached hydrogens (tertiary/aromatic N) is 3. The summed E-state index contributed by atoms with van der Waals surface area (Å²) in [6, 6.07) is 13.4. The van der Waals surface area contributed by atoms with Crippen LogP contribution in [-0.4, -0.2) is 52.8 Å². The number of aryl methyl sites for hydroxylation is 1. The van der Waals surface area contributed by atoms with Crippen molar-refractivity contribution < 1.29 is 17.5 Å². The highest BCUT2D eigenvalue weighted by Crippen LogP contribution is 2.33. The third-order valence-corrected chi connectivity index (χ3v) is 6.27. The third kappa shape index (κ3) is 4.12. The van der Waals surface area contributed by atoms with Gasteiger partial charge in [-0.05, 0) is 62.4 Å². The molecule has 2 aliphatic rings. The van der Waals surface area contributed by atoms with Gasteiger partial charge in [-0.2, -0.15) is 0 Å². The van der Waals surface area contributed by atoms with Crippen LogP contribution in [0.25, 0.3) is 22.3 Å². The van der Waals surface area contributed by atoms with Gasteiger partial charge in [-0.15, -0.1) is 0 Å². The number of piperidine rings is 1. The highest BCUT2D eigenvalue weighted by molar-refractivity contribution is 5.92. The lowest BCUT2D eigenvalue weighted by Crippen LogP contribution is -2.50. The number of amides is 1. The van der Waals surface area contributed by atoms with Crippen molar-refractivity contribution in [3.05, 3.63) is 48.0 Å². The van der Waals surface area contributed by atoms with Gasteiger partial charge in [0, 0.05) is 34.0 Å². The van der Waals surface area contributed by atoms with Gasteiger partial charge >= 0.3 is 0 Å². The number of fused-ring (bicyclic) bond motifs is 1. The topological polar surface area (TPSA) is 87.6 Å². The minimum Gasteiger partial charge on any atom is -0.507 e.